The van der Waals surface area contributed by atoms with Gasteiger partial charge >= 0.3 is 5.97 Å². The molecule has 0 bridgehead atoms. The first-order chi connectivity index (χ1) is 16.9. The minimum atomic E-state index is -3.99. The minimum absolute atomic E-state index is 0.0266. The van der Waals surface area contributed by atoms with Crippen molar-refractivity contribution in [2.75, 3.05) is 24.6 Å². The van der Waals surface area contributed by atoms with E-state index in [4.69, 9.17) is 9.47 Å². The molecular formula is C27H27NO6S. The number of fused-ring (bicyclic) bond motifs is 1. The summed E-state index contributed by atoms with van der Waals surface area (Å²) in [6.45, 7) is 0.387. The molecule has 8 heteroatoms. The summed E-state index contributed by atoms with van der Waals surface area (Å²) < 4.78 is 39.3. The van der Waals surface area contributed by atoms with Crippen molar-refractivity contribution >= 4 is 27.5 Å². The molecule has 35 heavy (non-hydrogen) atoms. The van der Waals surface area contributed by atoms with E-state index in [1.807, 2.05) is 18.2 Å². The number of nitrogens with zero attached hydrogens (tertiary/aromatic N) is 1. The molecule has 3 aromatic rings. The Morgan fingerprint density at radius 1 is 0.943 bits per heavy atom. The highest BCUT2D eigenvalue weighted by Crippen LogP contribution is 2.35. The summed E-state index contributed by atoms with van der Waals surface area (Å²) >= 11 is 0. The third kappa shape index (κ3) is 5.38. The van der Waals surface area contributed by atoms with E-state index in [0.29, 0.717) is 30.6 Å². The SMILES string of the molecule is COc1ccc(C(=O)OCCCC(=O)c2ccccc2)cc1S(=O)(=O)N1CCCc2ccccc21. The molecule has 1 heterocycles. The maximum atomic E-state index is 13.6. The fourth-order valence-corrected chi connectivity index (χ4v) is 5.85. The number of ether oxygens (including phenoxy) is 2. The average molecular weight is 494 g/mol. The molecule has 1 aliphatic rings. The number of methoxy groups -OCH3 is 1. The number of hydrogen-bond donors (Lipinski definition) is 0. The van der Waals surface area contributed by atoms with Crippen LogP contribution in [0.4, 0.5) is 5.69 Å². The highest BCUT2D eigenvalue weighted by molar-refractivity contribution is 7.93. The molecule has 0 spiro atoms. The Hall–Kier alpha value is -3.65. The topological polar surface area (TPSA) is 90.0 Å². The van der Waals surface area contributed by atoms with Crippen LogP contribution in [-0.2, 0) is 21.2 Å². The zero-order valence-corrected chi connectivity index (χ0v) is 20.3. The van der Waals surface area contributed by atoms with Gasteiger partial charge in [0, 0.05) is 18.5 Å². The van der Waals surface area contributed by atoms with Gasteiger partial charge in [0.05, 0.1) is 25.0 Å². The van der Waals surface area contributed by atoms with E-state index in [0.717, 1.165) is 12.0 Å². The second kappa shape index (κ2) is 10.7. The summed E-state index contributed by atoms with van der Waals surface area (Å²) in [4.78, 5) is 24.8. The molecule has 1 aliphatic heterocycles. The Morgan fingerprint density at radius 3 is 2.46 bits per heavy atom. The summed E-state index contributed by atoms with van der Waals surface area (Å²) in [5, 5.41) is 0. The summed E-state index contributed by atoms with van der Waals surface area (Å²) in [6, 6.07) is 20.5. The van der Waals surface area contributed by atoms with Crippen molar-refractivity contribution < 1.29 is 27.5 Å². The van der Waals surface area contributed by atoms with E-state index >= 15 is 0 Å². The Morgan fingerprint density at radius 2 is 1.69 bits per heavy atom. The number of rotatable bonds is 9. The van der Waals surface area contributed by atoms with Gasteiger partial charge in [0.15, 0.2) is 5.78 Å². The maximum absolute atomic E-state index is 13.6. The maximum Gasteiger partial charge on any atom is 0.338 e. The normalized spacial score (nSPS) is 13.1. The van der Waals surface area contributed by atoms with Gasteiger partial charge in [-0.1, -0.05) is 48.5 Å². The fourth-order valence-electron chi connectivity index (χ4n) is 4.12. The molecule has 3 aromatic carbocycles. The first-order valence-corrected chi connectivity index (χ1v) is 12.9. The van der Waals surface area contributed by atoms with E-state index in [9.17, 15) is 18.0 Å². The number of Topliss-reactive ketones (excluding diaryl/α,β-unsaturated/α-hetero) is 1. The van der Waals surface area contributed by atoms with Gasteiger partial charge < -0.3 is 9.47 Å². The monoisotopic (exact) mass is 493 g/mol. The molecule has 0 saturated carbocycles. The molecule has 4 rings (SSSR count). The number of anilines is 1. The predicted molar refractivity (Wildman–Crippen MR) is 133 cm³/mol. The molecule has 0 atom stereocenters. The fraction of sp³-hybridized carbons (Fsp3) is 0.259. The van der Waals surface area contributed by atoms with Crippen molar-refractivity contribution in [3.05, 3.63) is 89.5 Å². The van der Waals surface area contributed by atoms with Crippen LogP contribution in [-0.4, -0.2) is 40.4 Å². The van der Waals surface area contributed by atoms with Gasteiger partial charge in [0.25, 0.3) is 10.0 Å². The number of carbonyl (C=O) groups is 2. The van der Waals surface area contributed by atoms with Crippen LogP contribution in [0.2, 0.25) is 0 Å². The van der Waals surface area contributed by atoms with Gasteiger partial charge in [0.1, 0.15) is 10.6 Å². The minimum Gasteiger partial charge on any atom is -0.495 e. The van der Waals surface area contributed by atoms with Gasteiger partial charge in [-0.2, -0.15) is 0 Å². The first-order valence-electron chi connectivity index (χ1n) is 11.5. The lowest BCUT2D eigenvalue weighted by Crippen LogP contribution is -2.35. The molecule has 0 aliphatic carbocycles. The lowest BCUT2D eigenvalue weighted by Gasteiger charge is -2.30. The number of aryl methyl sites for hydroxylation is 1. The Balaban J connectivity index is 1.48. The van der Waals surface area contributed by atoms with Crippen molar-refractivity contribution in [3.63, 3.8) is 0 Å². The third-order valence-corrected chi connectivity index (χ3v) is 7.75. The Bertz CT molecular complexity index is 1320. The number of esters is 1. The van der Waals surface area contributed by atoms with Crippen LogP contribution in [0.5, 0.6) is 5.75 Å². The van der Waals surface area contributed by atoms with Gasteiger partial charge in [-0.25, -0.2) is 13.2 Å². The number of carbonyl (C=O) groups excluding carboxylic acids is 2. The van der Waals surface area contributed by atoms with E-state index in [-0.39, 0.29) is 35.0 Å². The summed E-state index contributed by atoms with van der Waals surface area (Å²) in [5.41, 5.74) is 2.31. The number of sulfonamides is 1. The van der Waals surface area contributed by atoms with Crippen molar-refractivity contribution in [1.29, 1.82) is 0 Å². The molecule has 182 valence electrons. The lowest BCUT2D eigenvalue weighted by atomic mass is 10.0. The van der Waals surface area contributed by atoms with E-state index in [2.05, 4.69) is 0 Å². The molecule has 0 unspecified atom stereocenters. The molecule has 0 aromatic heterocycles. The number of benzene rings is 3. The standard InChI is InChI=1S/C27H27NO6S/c1-33-25-16-15-22(27(30)34-18-8-14-24(29)21-10-3-2-4-11-21)19-26(25)35(31,32)28-17-7-12-20-9-5-6-13-23(20)28/h2-6,9-11,13,15-16,19H,7-8,12,14,17-18H2,1H3. The summed E-state index contributed by atoms with van der Waals surface area (Å²) in [6.07, 6.45) is 2.11. The van der Waals surface area contributed by atoms with Crippen LogP contribution in [0.1, 0.15) is 45.5 Å². The first kappa shape index (κ1) is 24.5. The smallest absolute Gasteiger partial charge is 0.338 e. The van der Waals surface area contributed by atoms with Crippen molar-refractivity contribution in [2.24, 2.45) is 0 Å². The zero-order chi connectivity index (χ0) is 24.8. The number of hydrogen-bond acceptors (Lipinski definition) is 6. The van der Waals surface area contributed by atoms with Crippen LogP contribution in [0.25, 0.3) is 0 Å². The van der Waals surface area contributed by atoms with E-state index in [1.165, 1.54) is 29.6 Å². The molecule has 0 radical (unpaired) electrons. The van der Waals surface area contributed by atoms with Gasteiger partial charge in [-0.05, 0) is 49.1 Å². The summed E-state index contributed by atoms with van der Waals surface area (Å²) in [5.74, 6) is -0.533. The molecule has 0 saturated heterocycles. The largest absolute Gasteiger partial charge is 0.495 e. The molecular weight excluding hydrogens is 466 g/mol. The average Bonchev–Trinajstić information content (AvgIpc) is 2.90. The molecule has 7 nitrogen and oxygen atoms in total. The van der Waals surface area contributed by atoms with Crippen LogP contribution in [0.15, 0.2) is 77.7 Å². The van der Waals surface area contributed by atoms with Crippen LogP contribution in [0, 0.1) is 0 Å². The van der Waals surface area contributed by atoms with Crippen molar-refractivity contribution in [1.82, 2.24) is 0 Å². The van der Waals surface area contributed by atoms with Crippen LogP contribution in [0.3, 0.4) is 0 Å². The highest BCUT2D eigenvalue weighted by atomic mass is 32.2. The van der Waals surface area contributed by atoms with Crippen LogP contribution >= 0.6 is 0 Å². The van der Waals surface area contributed by atoms with Crippen molar-refractivity contribution in [3.8, 4) is 5.75 Å². The second-order valence-corrected chi connectivity index (χ2v) is 10.0. The quantitative estimate of drug-likeness (QED) is 0.245. The van der Waals surface area contributed by atoms with Crippen molar-refractivity contribution in [2.45, 2.75) is 30.6 Å². The second-order valence-electron chi connectivity index (χ2n) is 8.20. The highest BCUT2D eigenvalue weighted by Gasteiger charge is 2.32. The number of para-hydroxylation sites is 1. The Labute approximate surface area is 205 Å². The van der Waals surface area contributed by atoms with Gasteiger partial charge in [0.2, 0.25) is 0 Å². The Kier molecular flexibility index (Phi) is 7.51. The van der Waals surface area contributed by atoms with Gasteiger partial charge in [-0.15, -0.1) is 0 Å². The lowest BCUT2D eigenvalue weighted by molar-refractivity contribution is 0.0494. The molecule has 0 fully saturated rings. The van der Waals surface area contributed by atoms with Gasteiger partial charge in [-0.3, -0.25) is 9.10 Å². The molecule has 0 N–H and O–H groups in total. The number of ketones is 1. The predicted octanol–water partition coefficient (Wildman–Crippen LogP) is 4.66. The van der Waals surface area contributed by atoms with E-state index < -0.39 is 16.0 Å². The van der Waals surface area contributed by atoms with Crippen LogP contribution < -0.4 is 9.04 Å². The molecule has 0 amide bonds. The van der Waals surface area contributed by atoms with E-state index in [1.54, 1.807) is 36.4 Å². The summed E-state index contributed by atoms with van der Waals surface area (Å²) in [7, 11) is -2.60. The zero-order valence-electron chi connectivity index (χ0n) is 19.5. The third-order valence-electron chi connectivity index (χ3n) is 5.91.